The van der Waals surface area contributed by atoms with Crippen LogP contribution in [0.3, 0.4) is 0 Å². The van der Waals surface area contributed by atoms with Gasteiger partial charge in [-0.1, -0.05) is 19.9 Å². The van der Waals surface area contributed by atoms with Crippen molar-refractivity contribution < 1.29 is 14.0 Å². The minimum absolute atomic E-state index is 0.0792. The van der Waals surface area contributed by atoms with E-state index in [1.165, 1.54) is 17.0 Å². The highest BCUT2D eigenvalue weighted by molar-refractivity contribution is 6.04. The van der Waals surface area contributed by atoms with Gasteiger partial charge < -0.3 is 4.90 Å². The summed E-state index contributed by atoms with van der Waals surface area (Å²) in [6, 6.07) is 7.53. The average Bonchev–Trinajstić information content (AvgIpc) is 2.54. The van der Waals surface area contributed by atoms with Crippen LogP contribution in [0.2, 0.25) is 0 Å². The first-order valence-corrected chi connectivity index (χ1v) is 7.88. The van der Waals surface area contributed by atoms with Gasteiger partial charge in [0, 0.05) is 23.9 Å². The van der Waals surface area contributed by atoms with Crippen molar-refractivity contribution in [2.24, 2.45) is 10.8 Å². The summed E-state index contributed by atoms with van der Waals surface area (Å²) in [5, 5.41) is 18.0. The first kappa shape index (κ1) is 16.9. The van der Waals surface area contributed by atoms with Gasteiger partial charge in [-0.3, -0.25) is 9.59 Å². The Morgan fingerprint density at radius 2 is 1.92 bits per heavy atom. The maximum atomic E-state index is 14.0. The largest absolute Gasteiger partial charge is 0.337 e. The highest BCUT2D eigenvalue weighted by Crippen LogP contribution is 2.48. The molecule has 0 aromatic heterocycles. The summed E-state index contributed by atoms with van der Waals surface area (Å²) in [5.74, 6) is -1.35. The number of carbonyl (C=O) groups is 2. The Hall–Kier alpha value is -2.99. The number of nitriles is 2. The standard InChI is InChI=1S/C19H16FN3O2/c1-18(2)9-19(6-13(8-22)16(18)24)10-23(11-19)17(25)14-4-3-12(7-21)5-15(14)20/h3-6H,9-11H2,1-2H3. The SMILES string of the molecule is CC1(C)CC2(C=C(C#N)C1=O)CN(C(=O)c1ccc(C#N)cc1F)C2. The Labute approximate surface area is 145 Å². The molecule has 6 heteroatoms. The molecule has 0 atom stereocenters. The van der Waals surface area contributed by atoms with Crippen LogP contribution < -0.4 is 0 Å². The third-order valence-electron chi connectivity index (χ3n) is 4.85. The highest BCUT2D eigenvalue weighted by Gasteiger charge is 2.52. The summed E-state index contributed by atoms with van der Waals surface area (Å²) in [4.78, 5) is 26.2. The Morgan fingerprint density at radius 1 is 1.24 bits per heavy atom. The molecule has 126 valence electrons. The van der Waals surface area contributed by atoms with Crippen molar-refractivity contribution in [2.75, 3.05) is 13.1 Å². The van der Waals surface area contributed by atoms with E-state index in [9.17, 15) is 19.2 Å². The number of hydrogen-bond acceptors (Lipinski definition) is 4. The van der Waals surface area contributed by atoms with Crippen LogP contribution in [0.4, 0.5) is 4.39 Å². The summed E-state index contributed by atoms with van der Waals surface area (Å²) in [5.41, 5.74) is -0.865. The molecule has 0 unspecified atom stereocenters. The van der Waals surface area contributed by atoms with Crippen molar-refractivity contribution in [3.8, 4) is 12.1 Å². The van der Waals surface area contributed by atoms with E-state index in [1.54, 1.807) is 19.9 Å². The second kappa shape index (κ2) is 5.53. The molecule has 1 saturated heterocycles. The van der Waals surface area contributed by atoms with Gasteiger partial charge in [0.05, 0.1) is 22.8 Å². The topological polar surface area (TPSA) is 85.0 Å². The van der Waals surface area contributed by atoms with Crippen molar-refractivity contribution in [1.29, 1.82) is 10.5 Å². The van der Waals surface area contributed by atoms with Gasteiger partial charge in [-0.25, -0.2) is 4.39 Å². The summed E-state index contributed by atoms with van der Waals surface area (Å²) >= 11 is 0. The van der Waals surface area contributed by atoms with Crippen LogP contribution in [0, 0.1) is 39.3 Å². The number of likely N-dealkylation sites (tertiary alicyclic amines) is 1. The van der Waals surface area contributed by atoms with E-state index >= 15 is 0 Å². The van der Waals surface area contributed by atoms with Crippen molar-refractivity contribution in [3.05, 3.63) is 46.8 Å². The zero-order valence-corrected chi connectivity index (χ0v) is 14.0. The van der Waals surface area contributed by atoms with E-state index in [4.69, 9.17) is 5.26 Å². The normalized spacial score (nSPS) is 20.3. The van der Waals surface area contributed by atoms with Gasteiger partial charge >= 0.3 is 0 Å². The molecule has 0 saturated carbocycles. The van der Waals surface area contributed by atoms with E-state index in [1.807, 2.05) is 12.1 Å². The summed E-state index contributed by atoms with van der Waals surface area (Å²) < 4.78 is 14.0. The summed E-state index contributed by atoms with van der Waals surface area (Å²) in [6.07, 6.45) is 2.21. The highest BCUT2D eigenvalue weighted by atomic mass is 19.1. The lowest BCUT2D eigenvalue weighted by Crippen LogP contribution is -2.61. The third-order valence-corrected chi connectivity index (χ3v) is 4.85. The number of Topliss-reactive ketones (excluding diaryl/α,β-unsaturated/α-hetero) is 1. The molecular weight excluding hydrogens is 321 g/mol. The minimum Gasteiger partial charge on any atom is -0.337 e. The first-order chi connectivity index (χ1) is 11.7. The van der Waals surface area contributed by atoms with Crippen LogP contribution in [-0.2, 0) is 4.79 Å². The molecule has 1 aliphatic carbocycles. The molecule has 1 aromatic rings. The lowest BCUT2D eigenvalue weighted by atomic mass is 9.61. The van der Waals surface area contributed by atoms with Gasteiger partial charge in [-0.2, -0.15) is 10.5 Å². The molecule has 0 N–H and O–H groups in total. The molecule has 1 spiro atoms. The van der Waals surface area contributed by atoms with E-state index in [0.717, 1.165) is 6.07 Å². The van der Waals surface area contributed by atoms with Gasteiger partial charge in [0.2, 0.25) is 0 Å². The fraction of sp³-hybridized carbons (Fsp3) is 0.368. The maximum Gasteiger partial charge on any atom is 0.256 e. The Balaban J connectivity index is 1.81. The average molecular weight is 337 g/mol. The molecule has 1 fully saturated rings. The second-order valence-corrected chi connectivity index (χ2v) is 7.39. The smallest absolute Gasteiger partial charge is 0.256 e. The quantitative estimate of drug-likeness (QED) is 0.788. The number of halogens is 1. The Bertz CT molecular complexity index is 896. The number of carbonyl (C=O) groups excluding carboxylic acids is 2. The monoisotopic (exact) mass is 337 g/mol. The lowest BCUT2D eigenvalue weighted by Gasteiger charge is -2.53. The van der Waals surface area contributed by atoms with Crippen LogP contribution in [0.5, 0.6) is 0 Å². The fourth-order valence-corrected chi connectivity index (χ4v) is 3.82. The van der Waals surface area contributed by atoms with Crippen LogP contribution in [-0.4, -0.2) is 29.7 Å². The predicted octanol–water partition coefficient (Wildman–Crippen LogP) is 2.59. The molecule has 0 radical (unpaired) electrons. The van der Waals surface area contributed by atoms with Gasteiger partial charge in [-0.15, -0.1) is 0 Å². The minimum atomic E-state index is -0.725. The van der Waals surface area contributed by atoms with Gasteiger partial charge in [0.25, 0.3) is 5.91 Å². The van der Waals surface area contributed by atoms with Gasteiger partial charge in [0.15, 0.2) is 5.78 Å². The molecule has 3 rings (SSSR count). The van der Waals surface area contributed by atoms with Crippen LogP contribution in [0.25, 0.3) is 0 Å². The molecule has 1 aliphatic heterocycles. The lowest BCUT2D eigenvalue weighted by molar-refractivity contribution is -0.127. The number of ketones is 1. The number of rotatable bonds is 1. The van der Waals surface area contributed by atoms with Crippen molar-refractivity contribution in [1.82, 2.24) is 4.90 Å². The number of allylic oxidation sites excluding steroid dienone is 1. The number of hydrogen-bond donors (Lipinski definition) is 0. The van der Waals surface area contributed by atoms with Crippen molar-refractivity contribution >= 4 is 11.7 Å². The zero-order chi connectivity index (χ0) is 18.4. The summed E-state index contributed by atoms with van der Waals surface area (Å²) in [7, 11) is 0. The van der Waals surface area contributed by atoms with Crippen LogP contribution >= 0.6 is 0 Å². The van der Waals surface area contributed by atoms with Gasteiger partial charge in [0.1, 0.15) is 11.9 Å². The van der Waals surface area contributed by atoms with E-state index in [-0.39, 0.29) is 22.5 Å². The summed E-state index contributed by atoms with van der Waals surface area (Å²) in [6.45, 7) is 4.28. The first-order valence-electron chi connectivity index (χ1n) is 7.88. The van der Waals surface area contributed by atoms with E-state index in [0.29, 0.717) is 19.5 Å². The molecule has 25 heavy (non-hydrogen) atoms. The molecule has 1 aromatic carbocycles. The third kappa shape index (κ3) is 2.70. The molecule has 2 aliphatic rings. The molecular formula is C19H16FN3O2. The number of nitrogens with zero attached hydrogens (tertiary/aromatic N) is 3. The van der Waals surface area contributed by atoms with Crippen molar-refractivity contribution in [3.63, 3.8) is 0 Å². The molecule has 1 heterocycles. The second-order valence-electron chi connectivity index (χ2n) is 7.39. The van der Waals surface area contributed by atoms with Gasteiger partial charge in [-0.05, 0) is 24.6 Å². The van der Waals surface area contributed by atoms with E-state index < -0.39 is 22.6 Å². The maximum absolute atomic E-state index is 14.0. The van der Waals surface area contributed by atoms with Crippen LogP contribution in [0.15, 0.2) is 29.8 Å². The number of amides is 1. The molecule has 1 amide bonds. The molecule has 0 bridgehead atoms. The number of benzene rings is 1. The van der Waals surface area contributed by atoms with Crippen molar-refractivity contribution in [2.45, 2.75) is 20.3 Å². The van der Waals surface area contributed by atoms with E-state index in [2.05, 4.69) is 0 Å². The van der Waals surface area contributed by atoms with Crippen LogP contribution in [0.1, 0.15) is 36.2 Å². The Kier molecular flexibility index (Phi) is 3.73. The zero-order valence-electron chi connectivity index (χ0n) is 14.0. The predicted molar refractivity (Wildman–Crippen MR) is 86.6 cm³/mol. The molecule has 5 nitrogen and oxygen atoms in total. The fourth-order valence-electron chi connectivity index (χ4n) is 3.82. The Morgan fingerprint density at radius 3 is 2.48 bits per heavy atom.